The second kappa shape index (κ2) is 11.0. The molecule has 8 nitrogen and oxygen atoms in total. The van der Waals surface area contributed by atoms with Crippen molar-refractivity contribution in [2.24, 2.45) is 0 Å². The molecule has 1 atom stereocenters. The molecule has 0 spiro atoms. The summed E-state index contributed by atoms with van der Waals surface area (Å²) in [5, 5.41) is 11.1. The maximum atomic E-state index is 14.2. The Morgan fingerprint density at radius 2 is 2.00 bits per heavy atom. The number of non-ortho nitro benzene ring substituents is 1. The monoisotopic (exact) mass is 471 g/mol. The first-order valence-electron chi connectivity index (χ1n) is 11.7. The average molecular weight is 472 g/mol. The summed E-state index contributed by atoms with van der Waals surface area (Å²) in [5.41, 5.74) is 2.16. The lowest BCUT2D eigenvalue weighted by Crippen LogP contribution is -2.37. The molecule has 34 heavy (non-hydrogen) atoms. The fraction of sp³-hybridized carbons (Fsp3) is 0.480. The zero-order valence-corrected chi connectivity index (χ0v) is 19.4. The normalized spacial score (nSPS) is 18.9. The van der Waals surface area contributed by atoms with Gasteiger partial charge in [-0.05, 0) is 56.0 Å². The van der Waals surface area contributed by atoms with E-state index in [2.05, 4.69) is 4.90 Å². The lowest BCUT2D eigenvalue weighted by Gasteiger charge is -2.27. The van der Waals surface area contributed by atoms with Crippen LogP contribution in [0.15, 0.2) is 36.4 Å². The Hall–Kier alpha value is -2.88. The quantitative estimate of drug-likeness (QED) is 0.341. The number of nitrogens with zero attached hydrogens (tertiary/aromatic N) is 3. The third-order valence-electron chi connectivity index (χ3n) is 6.41. The van der Waals surface area contributed by atoms with Crippen LogP contribution in [0.2, 0.25) is 0 Å². The maximum Gasteiger partial charge on any atom is 0.269 e. The summed E-state index contributed by atoms with van der Waals surface area (Å²) in [6, 6.07) is 8.65. The first-order chi connectivity index (χ1) is 16.4. The number of ether oxygens (including phenoxy) is 2. The molecular weight excluding hydrogens is 441 g/mol. The summed E-state index contributed by atoms with van der Waals surface area (Å²) in [6.07, 6.45) is 1.94. The fourth-order valence-corrected chi connectivity index (χ4v) is 4.61. The Balaban J connectivity index is 1.50. The zero-order chi connectivity index (χ0) is 24.1. The molecule has 0 N–H and O–H groups in total. The van der Waals surface area contributed by atoms with Gasteiger partial charge in [0.15, 0.2) is 0 Å². The molecule has 0 bridgehead atoms. The van der Waals surface area contributed by atoms with E-state index in [1.807, 2.05) is 0 Å². The standard InChI is InChI=1S/C25H30FN3O5/c1-18-16-20(29(31)32)6-7-21(18)25(30)28-10-2-4-24(22-17-19(26)5-8-23(22)28)34-13-3-9-27-11-14-33-15-12-27/h5-8,16-17,24H,2-4,9-15H2,1H3. The Kier molecular flexibility index (Phi) is 7.87. The van der Waals surface area contributed by atoms with Crippen molar-refractivity contribution < 1.29 is 23.6 Å². The predicted molar refractivity (Wildman–Crippen MR) is 126 cm³/mol. The van der Waals surface area contributed by atoms with Gasteiger partial charge in [0.25, 0.3) is 11.6 Å². The summed E-state index contributed by atoms with van der Waals surface area (Å²) in [5.74, 6) is -0.630. The molecule has 1 fully saturated rings. The van der Waals surface area contributed by atoms with Crippen molar-refractivity contribution in [2.75, 3.05) is 50.9 Å². The van der Waals surface area contributed by atoms with E-state index in [1.54, 1.807) is 17.9 Å². The molecule has 0 radical (unpaired) electrons. The number of amides is 1. The number of fused-ring (bicyclic) bond motifs is 1. The number of carbonyl (C=O) groups excluding carboxylic acids is 1. The maximum absolute atomic E-state index is 14.2. The number of halogens is 1. The van der Waals surface area contributed by atoms with E-state index in [9.17, 15) is 19.3 Å². The Bertz CT molecular complexity index is 1040. The topological polar surface area (TPSA) is 85.2 Å². The summed E-state index contributed by atoms with van der Waals surface area (Å²) in [6.45, 7) is 6.99. The van der Waals surface area contributed by atoms with Crippen LogP contribution in [-0.2, 0) is 9.47 Å². The van der Waals surface area contributed by atoms with Crippen LogP contribution in [0, 0.1) is 22.9 Å². The van der Waals surface area contributed by atoms with Crippen LogP contribution in [0.3, 0.4) is 0 Å². The highest BCUT2D eigenvalue weighted by Gasteiger charge is 2.29. The van der Waals surface area contributed by atoms with Gasteiger partial charge in [-0.15, -0.1) is 0 Å². The number of hydrogen-bond donors (Lipinski definition) is 0. The molecule has 4 rings (SSSR count). The molecule has 2 aliphatic rings. The molecule has 0 aromatic heterocycles. The van der Waals surface area contributed by atoms with Gasteiger partial charge in [-0.3, -0.25) is 19.8 Å². The lowest BCUT2D eigenvalue weighted by atomic mass is 10.0. The van der Waals surface area contributed by atoms with Crippen LogP contribution in [0.1, 0.15) is 46.9 Å². The molecule has 2 heterocycles. The van der Waals surface area contributed by atoms with Gasteiger partial charge in [0.05, 0.1) is 24.2 Å². The average Bonchev–Trinajstić information content (AvgIpc) is 3.01. The van der Waals surface area contributed by atoms with Crippen molar-refractivity contribution in [3.63, 3.8) is 0 Å². The van der Waals surface area contributed by atoms with Crippen LogP contribution >= 0.6 is 0 Å². The first kappa shape index (κ1) is 24.3. The van der Waals surface area contributed by atoms with Gasteiger partial charge in [-0.2, -0.15) is 0 Å². The number of hydrogen-bond acceptors (Lipinski definition) is 6. The summed E-state index contributed by atoms with van der Waals surface area (Å²) in [7, 11) is 0. The Labute approximate surface area is 198 Å². The van der Waals surface area contributed by atoms with E-state index in [-0.39, 0.29) is 23.5 Å². The molecule has 0 saturated carbocycles. The minimum Gasteiger partial charge on any atom is -0.379 e. The third kappa shape index (κ3) is 5.60. The summed E-state index contributed by atoms with van der Waals surface area (Å²) in [4.78, 5) is 28.0. The molecule has 1 unspecified atom stereocenters. The highest BCUT2D eigenvalue weighted by Crippen LogP contribution is 2.37. The van der Waals surface area contributed by atoms with Crippen LogP contribution in [0.4, 0.5) is 15.8 Å². The van der Waals surface area contributed by atoms with Crippen molar-refractivity contribution in [1.82, 2.24) is 4.90 Å². The van der Waals surface area contributed by atoms with Crippen molar-refractivity contribution >= 4 is 17.3 Å². The van der Waals surface area contributed by atoms with Gasteiger partial charge in [0.1, 0.15) is 5.82 Å². The van der Waals surface area contributed by atoms with Crippen molar-refractivity contribution in [1.29, 1.82) is 0 Å². The fourth-order valence-electron chi connectivity index (χ4n) is 4.61. The van der Waals surface area contributed by atoms with E-state index in [4.69, 9.17) is 9.47 Å². The number of aryl methyl sites for hydroxylation is 1. The van der Waals surface area contributed by atoms with E-state index < -0.39 is 4.92 Å². The van der Waals surface area contributed by atoms with Gasteiger partial charge in [-0.1, -0.05) is 0 Å². The highest BCUT2D eigenvalue weighted by atomic mass is 19.1. The molecule has 0 aliphatic carbocycles. The van der Waals surface area contributed by atoms with Crippen LogP contribution < -0.4 is 4.90 Å². The minimum absolute atomic E-state index is 0.0575. The molecule has 2 aromatic rings. The van der Waals surface area contributed by atoms with Gasteiger partial charge < -0.3 is 14.4 Å². The Morgan fingerprint density at radius 3 is 2.74 bits per heavy atom. The lowest BCUT2D eigenvalue weighted by molar-refractivity contribution is -0.384. The SMILES string of the molecule is Cc1cc([N+](=O)[O-])ccc1C(=O)N1CCCC(OCCCN2CCOCC2)c2cc(F)ccc21. The van der Waals surface area contributed by atoms with Gasteiger partial charge in [0.2, 0.25) is 0 Å². The highest BCUT2D eigenvalue weighted by molar-refractivity contribution is 6.07. The molecule has 2 aromatic carbocycles. The molecular formula is C25H30FN3O5. The zero-order valence-electron chi connectivity index (χ0n) is 19.4. The van der Waals surface area contributed by atoms with E-state index >= 15 is 0 Å². The second-order valence-electron chi connectivity index (χ2n) is 8.73. The first-order valence-corrected chi connectivity index (χ1v) is 11.7. The number of anilines is 1. The number of morpholine rings is 1. The number of carbonyl (C=O) groups is 1. The molecule has 9 heteroatoms. The molecule has 1 amide bonds. The van der Waals surface area contributed by atoms with Gasteiger partial charge in [-0.25, -0.2) is 4.39 Å². The largest absolute Gasteiger partial charge is 0.379 e. The van der Waals surface area contributed by atoms with E-state index in [0.29, 0.717) is 48.4 Å². The minimum atomic E-state index is -0.480. The number of nitro benzene ring substituents is 1. The van der Waals surface area contributed by atoms with Crippen molar-refractivity contribution in [3.8, 4) is 0 Å². The van der Waals surface area contributed by atoms with Crippen molar-refractivity contribution in [3.05, 3.63) is 69.0 Å². The van der Waals surface area contributed by atoms with Gasteiger partial charge in [0, 0.05) is 61.7 Å². The van der Waals surface area contributed by atoms with Crippen molar-refractivity contribution in [2.45, 2.75) is 32.3 Å². The van der Waals surface area contributed by atoms with E-state index in [0.717, 1.165) is 39.3 Å². The summed E-state index contributed by atoms with van der Waals surface area (Å²) < 4.78 is 25.8. The molecule has 2 aliphatic heterocycles. The van der Waals surface area contributed by atoms with Crippen LogP contribution in [0.5, 0.6) is 0 Å². The number of nitro groups is 1. The van der Waals surface area contributed by atoms with Crippen LogP contribution in [0.25, 0.3) is 0 Å². The third-order valence-corrected chi connectivity index (χ3v) is 6.41. The Morgan fingerprint density at radius 1 is 1.21 bits per heavy atom. The predicted octanol–water partition coefficient (Wildman–Crippen LogP) is 4.26. The molecule has 182 valence electrons. The molecule has 1 saturated heterocycles. The summed E-state index contributed by atoms with van der Waals surface area (Å²) >= 11 is 0. The van der Waals surface area contributed by atoms with Crippen LogP contribution in [-0.4, -0.2) is 61.7 Å². The van der Waals surface area contributed by atoms with Gasteiger partial charge >= 0.3 is 0 Å². The second-order valence-corrected chi connectivity index (χ2v) is 8.73. The smallest absolute Gasteiger partial charge is 0.269 e. The number of benzene rings is 2. The van der Waals surface area contributed by atoms with E-state index in [1.165, 1.54) is 30.3 Å². The number of rotatable bonds is 7.